The number of hydrogen-bond donors (Lipinski definition) is 4. The van der Waals surface area contributed by atoms with E-state index in [-0.39, 0.29) is 23.9 Å². The van der Waals surface area contributed by atoms with Crippen molar-refractivity contribution in [3.05, 3.63) is 89.1 Å². The third-order valence-electron chi connectivity index (χ3n) is 7.57. The standard InChI is InChI=1S/C29H27N7O4S/c1-2-20(37)36-11-10-16(14-36)35-27(39)25-22-21-18(8-9-19(30)24(21)41-25)29(32,26(38)23(22)31)15-12-33-28(34-13-15)40-17-6-4-3-5-7-17/h2-9,12-13,16,23H,1,10-11,14,30-32H2,(H,35,39). The lowest BCUT2D eigenvalue weighted by Crippen LogP contribution is -2.52. The molecule has 2 aliphatic rings. The number of ketones is 1. The normalized spacial score (nSPS) is 21.6. The van der Waals surface area contributed by atoms with Crippen LogP contribution in [-0.2, 0) is 15.1 Å². The first-order chi connectivity index (χ1) is 19.7. The Kier molecular flexibility index (Phi) is 6.53. The number of thiophene rings is 1. The number of Topliss-reactive ketones (excluding diaryl/α,β-unsaturated/α-hetero) is 1. The number of carbonyl (C=O) groups excluding carboxylic acids is 3. The van der Waals surface area contributed by atoms with Gasteiger partial charge in [-0.25, -0.2) is 9.97 Å². The molecule has 4 aromatic rings. The summed E-state index contributed by atoms with van der Waals surface area (Å²) in [6, 6.07) is 11.0. The van der Waals surface area contributed by atoms with Crippen LogP contribution < -0.4 is 27.3 Å². The summed E-state index contributed by atoms with van der Waals surface area (Å²) in [4.78, 5) is 49.9. The molecule has 1 aliphatic carbocycles. The molecule has 1 fully saturated rings. The number of anilines is 1. The van der Waals surface area contributed by atoms with Crippen molar-refractivity contribution < 1.29 is 19.1 Å². The molecule has 6 rings (SSSR count). The van der Waals surface area contributed by atoms with Crippen LogP contribution in [0.15, 0.2) is 67.5 Å². The second-order valence-corrected chi connectivity index (χ2v) is 11.0. The van der Waals surface area contributed by atoms with Gasteiger partial charge in [0.1, 0.15) is 11.3 Å². The Morgan fingerprint density at radius 2 is 1.90 bits per heavy atom. The fraction of sp³-hybridized carbons (Fsp3) is 0.207. The molecule has 12 heteroatoms. The maximum absolute atomic E-state index is 13.9. The molecule has 0 saturated carbocycles. The Labute approximate surface area is 239 Å². The van der Waals surface area contributed by atoms with E-state index in [9.17, 15) is 14.4 Å². The molecule has 0 bridgehead atoms. The van der Waals surface area contributed by atoms with Gasteiger partial charge in [0.05, 0.1) is 15.6 Å². The minimum Gasteiger partial charge on any atom is -0.424 e. The number of nitrogens with zero attached hydrogens (tertiary/aromatic N) is 3. The summed E-state index contributed by atoms with van der Waals surface area (Å²) >= 11 is 1.16. The van der Waals surface area contributed by atoms with Crippen LogP contribution in [0.5, 0.6) is 11.8 Å². The highest BCUT2D eigenvalue weighted by atomic mass is 32.1. The van der Waals surface area contributed by atoms with Gasteiger partial charge >= 0.3 is 6.01 Å². The molecule has 3 heterocycles. The van der Waals surface area contributed by atoms with Crippen molar-refractivity contribution in [2.75, 3.05) is 18.8 Å². The van der Waals surface area contributed by atoms with Gasteiger partial charge < -0.3 is 32.2 Å². The monoisotopic (exact) mass is 569 g/mol. The number of nitrogens with one attached hydrogen (secondary N) is 1. The lowest BCUT2D eigenvalue weighted by Gasteiger charge is -2.36. The highest BCUT2D eigenvalue weighted by Crippen LogP contribution is 2.49. The van der Waals surface area contributed by atoms with Gasteiger partial charge in [0.2, 0.25) is 5.91 Å². The second-order valence-electron chi connectivity index (χ2n) is 10.0. The van der Waals surface area contributed by atoms with Gasteiger partial charge in [0.15, 0.2) is 5.78 Å². The first kappa shape index (κ1) is 26.6. The van der Waals surface area contributed by atoms with Crippen LogP contribution in [0.1, 0.15) is 38.8 Å². The number of amides is 2. The van der Waals surface area contributed by atoms with E-state index >= 15 is 0 Å². The van der Waals surface area contributed by atoms with Gasteiger partial charge in [0, 0.05) is 53.7 Å². The minimum atomic E-state index is -1.69. The molecule has 1 saturated heterocycles. The lowest BCUT2D eigenvalue weighted by molar-refractivity contribution is -0.125. The van der Waals surface area contributed by atoms with E-state index < -0.39 is 17.4 Å². The molecule has 2 aromatic heterocycles. The van der Waals surface area contributed by atoms with Gasteiger partial charge in [-0.2, -0.15) is 0 Å². The molecule has 3 atom stereocenters. The minimum absolute atomic E-state index is 0.0917. The van der Waals surface area contributed by atoms with E-state index in [1.807, 2.05) is 18.2 Å². The maximum Gasteiger partial charge on any atom is 0.321 e. The summed E-state index contributed by atoms with van der Waals surface area (Å²) in [5.41, 5.74) is 19.7. The molecule has 208 valence electrons. The number of ether oxygens (including phenoxy) is 1. The molecular weight excluding hydrogens is 542 g/mol. The van der Waals surface area contributed by atoms with E-state index in [0.717, 1.165) is 11.3 Å². The Bertz CT molecular complexity index is 1710. The van der Waals surface area contributed by atoms with Crippen molar-refractivity contribution in [2.24, 2.45) is 11.5 Å². The number of nitrogens with two attached hydrogens (primary N) is 3. The molecule has 0 spiro atoms. The largest absolute Gasteiger partial charge is 0.424 e. The number of hydrogen-bond acceptors (Lipinski definition) is 10. The Hall–Kier alpha value is -4.65. The SMILES string of the molecule is C=CC(=O)N1CCC(NC(=O)c2sc3c(N)ccc4c3c2C(N)C(=O)C4(N)c2cnc(Oc3ccccc3)nc2)C1. The van der Waals surface area contributed by atoms with Gasteiger partial charge in [-0.3, -0.25) is 14.4 Å². The first-order valence-electron chi connectivity index (χ1n) is 12.9. The summed E-state index contributed by atoms with van der Waals surface area (Å²) in [5, 5.41) is 3.57. The highest BCUT2D eigenvalue weighted by molar-refractivity contribution is 7.21. The third kappa shape index (κ3) is 4.32. The number of benzene rings is 2. The summed E-state index contributed by atoms with van der Waals surface area (Å²) < 4.78 is 6.29. The quantitative estimate of drug-likeness (QED) is 0.200. The molecule has 11 nitrogen and oxygen atoms in total. The van der Waals surface area contributed by atoms with Gasteiger partial charge in [0.25, 0.3) is 5.91 Å². The number of carbonyl (C=O) groups is 3. The molecule has 2 amide bonds. The first-order valence-corrected chi connectivity index (χ1v) is 13.8. The van der Waals surface area contributed by atoms with Crippen LogP contribution in [0.25, 0.3) is 10.1 Å². The zero-order valence-corrected chi connectivity index (χ0v) is 22.7. The predicted molar refractivity (Wildman–Crippen MR) is 154 cm³/mol. The number of likely N-dealkylation sites (tertiary alicyclic amines) is 1. The zero-order valence-electron chi connectivity index (χ0n) is 21.9. The van der Waals surface area contributed by atoms with Crippen LogP contribution >= 0.6 is 11.3 Å². The molecule has 41 heavy (non-hydrogen) atoms. The fourth-order valence-electron chi connectivity index (χ4n) is 5.47. The average Bonchev–Trinajstić information content (AvgIpc) is 3.62. The lowest BCUT2D eigenvalue weighted by atomic mass is 9.71. The van der Waals surface area contributed by atoms with E-state index in [1.165, 1.54) is 18.5 Å². The molecule has 1 aliphatic heterocycles. The highest BCUT2D eigenvalue weighted by Gasteiger charge is 2.49. The van der Waals surface area contributed by atoms with Gasteiger partial charge in [-0.15, -0.1) is 11.3 Å². The predicted octanol–water partition coefficient (Wildman–Crippen LogP) is 2.37. The zero-order chi connectivity index (χ0) is 28.9. The molecule has 2 aromatic carbocycles. The Morgan fingerprint density at radius 1 is 1.17 bits per heavy atom. The van der Waals surface area contributed by atoms with Gasteiger partial charge in [-0.1, -0.05) is 30.8 Å². The topological polar surface area (TPSA) is 180 Å². The maximum atomic E-state index is 13.9. The van der Waals surface area contributed by atoms with E-state index in [2.05, 4.69) is 21.9 Å². The smallest absolute Gasteiger partial charge is 0.321 e. The number of aromatic nitrogens is 2. The number of nitrogen functional groups attached to an aromatic ring is 1. The number of rotatable bonds is 6. The summed E-state index contributed by atoms with van der Waals surface area (Å²) in [6.45, 7) is 4.40. The Morgan fingerprint density at radius 3 is 2.61 bits per heavy atom. The van der Waals surface area contributed by atoms with Crippen molar-refractivity contribution in [1.29, 1.82) is 0 Å². The molecule has 0 radical (unpaired) electrons. The van der Waals surface area contributed by atoms with Crippen molar-refractivity contribution >= 4 is 44.7 Å². The third-order valence-corrected chi connectivity index (χ3v) is 8.82. The molecule has 3 unspecified atom stereocenters. The second kappa shape index (κ2) is 10.1. The van der Waals surface area contributed by atoms with Crippen molar-refractivity contribution in [3.63, 3.8) is 0 Å². The van der Waals surface area contributed by atoms with Crippen LogP contribution in [-0.4, -0.2) is 51.6 Å². The van der Waals surface area contributed by atoms with Gasteiger partial charge in [-0.05, 0) is 36.3 Å². The van der Waals surface area contributed by atoms with Crippen molar-refractivity contribution in [2.45, 2.75) is 24.0 Å². The average molecular weight is 570 g/mol. The van der Waals surface area contributed by atoms with Crippen LogP contribution in [0.4, 0.5) is 5.69 Å². The summed E-state index contributed by atoms with van der Waals surface area (Å²) in [5.74, 6) is -0.521. The van der Waals surface area contributed by atoms with E-state index in [1.54, 1.807) is 29.2 Å². The number of para-hydroxylation sites is 1. The fourth-order valence-corrected chi connectivity index (χ4v) is 6.67. The van der Waals surface area contributed by atoms with Crippen LogP contribution in [0, 0.1) is 0 Å². The molecule has 7 N–H and O–H groups in total. The van der Waals surface area contributed by atoms with Crippen LogP contribution in [0.3, 0.4) is 0 Å². The Balaban J connectivity index is 1.37. The van der Waals surface area contributed by atoms with E-state index in [0.29, 0.717) is 62.6 Å². The van der Waals surface area contributed by atoms with Crippen molar-refractivity contribution in [1.82, 2.24) is 20.2 Å². The molecular formula is C29H27N7O4S. The van der Waals surface area contributed by atoms with E-state index in [4.69, 9.17) is 21.9 Å². The van der Waals surface area contributed by atoms with Crippen molar-refractivity contribution in [3.8, 4) is 11.8 Å². The summed E-state index contributed by atoms with van der Waals surface area (Å²) in [6.07, 6.45) is 4.74. The van der Waals surface area contributed by atoms with Crippen LogP contribution in [0.2, 0.25) is 0 Å². The summed E-state index contributed by atoms with van der Waals surface area (Å²) in [7, 11) is 0.